The van der Waals surface area contributed by atoms with Gasteiger partial charge >= 0.3 is 0 Å². The molecule has 7 heteroatoms. The molecule has 0 aromatic heterocycles. The van der Waals surface area contributed by atoms with Gasteiger partial charge in [0.15, 0.2) is 5.78 Å². The van der Waals surface area contributed by atoms with Gasteiger partial charge in [-0.15, -0.1) is 0 Å². The molecular formula is C34H50BrNO5. The molecule has 0 aliphatic heterocycles. The molecule has 0 heterocycles. The molecule has 41 heavy (non-hydrogen) atoms. The number of phenols is 2. The Morgan fingerprint density at radius 1 is 0.659 bits per heavy atom. The van der Waals surface area contributed by atoms with Crippen molar-refractivity contribution in [2.45, 2.75) is 104 Å². The van der Waals surface area contributed by atoms with Crippen molar-refractivity contribution in [1.82, 2.24) is 0 Å². The van der Waals surface area contributed by atoms with E-state index < -0.39 is 5.78 Å². The third-order valence-corrected chi connectivity index (χ3v) is 8.36. The molecule has 2 aromatic carbocycles. The van der Waals surface area contributed by atoms with Crippen molar-refractivity contribution in [3.8, 4) is 17.2 Å². The summed E-state index contributed by atoms with van der Waals surface area (Å²) in [6.45, 7) is 7.25. The molecule has 6 nitrogen and oxygen atoms in total. The molecule has 0 saturated carbocycles. The van der Waals surface area contributed by atoms with Crippen molar-refractivity contribution >= 4 is 11.6 Å². The van der Waals surface area contributed by atoms with E-state index >= 15 is 0 Å². The lowest BCUT2D eigenvalue weighted by Gasteiger charge is -2.35. The van der Waals surface area contributed by atoms with Crippen LogP contribution in [0.4, 0.5) is 0 Å². The smallest absolute Gasteiger partial charge is 0.201 e. The number of rotatable bonds is 18. The van der Waals surface area contributed by atoms with Crippen LogP contribution in [-0.4, -0.2) is 53.5 Å². The first kappa shape index (κ1) is 34.8. The average molecular weight is 633 g/mol. The van der Waals surface area contributed by atoms with Gasteiger partial charge in [0.25, 0.3) is 0 Å². The van der Waals surface area contributed by atoms with E-state index in [-0.39, 0.29) is 56.5 Å². The van der Waals surface area contributed by atoms with Crippen molar-refractivity contribution in [2.75, 3.05) is 27.2 Å². The van der Waals surface area contributed by atoms with Gasteiger partial charge in [-0.05, 0) is 43.9 Å². The SMILES string of the molecule is CCCCCCCCC[N+](C)(CCCCCCCC)Cc1cc(O)c2c(c1)C(=O)c1cc(OC)cc(O)c1C2=O.[Br-]. The standard InChI is InChI=1S/C34H49NO5.BrH/c1-5-7-9-11-13-15-17-19-35(3,18-16-14-12-10-8-6-2)24-25-20-27-31(29(36)21-25)34(39)32-28(33(27)38)22-26(40-4)23-30(32)37;/h20-23H,5-19,24H2,1-4H3,(H-,36,37,39);1H. The van der Waals surface area contributed by atoms with Gasteiger partial charge in [-0.2, -0.15) is 0 Å². The van der Waals surface area contributed by atoms with Gasteiger partial charge in [0.05, 0.1) is 38.4 Å². The molecular weight excluding hydrogens is 582 g/mol. The second-order valence-electron chi connectivity index (χ2n) is 11.9. The molecule has 3 rings (SSSR count). The number of carbonyl (C=O) groups excluding carboxylic acids is 2. The first-order chi connectivity index (χ1) is 19.2. The molecule has 0 radical (unpaired) electrons. The van der Waals surface area contributed by atoms with E-state index in [1.54, 1.807) is 12.1 Å². The van der Waals surface area contributed by atoms with Crippen molar-refractivity contribution in [3.05, 3.63) is 52.1 Å². The zero-order chi connectivity index (χ0) is 29.1. The fourth-order valence-corrected chi connectivity index (χ4v) is 6.04. The molecule has 1 aliphatic rings. The van der Waals surface area contributed by atoms with Crippen LogP contribution in [0.5, 0.6) is 17.2 Å². The van der Waals surface area contributed by atoms with E-state index in [1.165, 1.54) is 89.9 Å². The zero-order valence-corrected chi connectivity index (χ0v) is 27.2. The summed E-state index contributed by atoms with van der Waals surface area (Å²) in [7, 11) is 3.73. The number of quaternary nitrogens is 1. The topological polar surface area (TPSA) is 83.8 Å². The van der Waals surface area contributed by atoms with Crippen LogP contribution in [-0.2, 0) is 6.54 Å². The van der Waals surface area contributed by atoms with Crippen molar-refractivity contribution in [1.29, 1.82) is 0 Å². The number of benzene rings is 2. The molecule has 2 N–H and O–H groups in total. The van der Waals surface area contributed by atoms with Crippen LogP contribution in [0, 0.1) is 0 Å². The van der Waals surface area contributed by atoms with E-state index in [0.717, 1.165) is 36.0 Å². The second-order valence-corrected chi connectivity index (χ2v) is 11.9. The highest BCUT2D eigenvalue weighted by Crippen LogP contribution is 2.39. The maximum atomic E-state index is 13.5. The van der Waals surface area contributed by atoms with E-state index in [1.807, 2.05) is 0 Å². The number of ketones is 2. The minimum absolute atomic E-state index is 0. The summed E-state index contributed by atoms with van der Waals surface area (Å²) < 4.78 is 6.05. The van der Waals surface area contributed by atoms with Gasteiger partial charge in [0, 0.05) is 22.8 Å². The Morgan fingerprint density at radius 2 is 1.12 bits per heavy atom. The quantitative estimate of drug-likeness (QED) is 0.153. The number of ether oxygens (including phenoxy) is 1. The Balaban J connectivity index is 0.00000588. The molecule has 0 bridgehead atoms. The molecule has 0 fully saturated rings. The lowest BCUT2D eigenvalue weighted by Crippen LogP contribution is -3.00. The number of hydrogen-bond acceptors (Lipinski definition) is 5. The number of phenolic OH excluding ortho intramolecular Hbond substituents is 2. The van der Waals surface area contributed by atoms with Crippen molar-refractivity contribution in [2.24, 2.45) is 0 Å². The van der Waals surface area contributed by atoms with Crippen LogP contribution >= 0.6 is 0 Å². The molecule has 1 atom stereocenters. The molecule has 0 saturated heterocycles. The van der Waals surface area contributed by atoms with E-state index in [9.17, 15) is 19.8 Å². The number of fused-ring (bicyclic) bond motifs is 2. The minimum atomic E-state index is -0.541. The zero-order valence-electron chi connectivity index (χ0n) is 25.6. The Kier molecular flexibility index (Phi) is 14.4. The number of unbranched alkanes of at least 4 members (excludes halogenated alkanes) is 11. The van der Waals surface area contributed by atoms with Gasteiger partial charge in [-0.3, -0.25) is 9.59 Å². The maximum Gasteiger partial charge on any atom is 0.201 e. The molecule has 228 valence electrons. The summed E-state index contributed by atoms with van der Waals surface area (Å²) in [5.41, 5.74) is 1.05. The highest BCUT2D eigenvalue weighted by atomic mass is 79.9. The Morgan fingerprint density at radius 3 is 1.63 bits per heavy atom. The van der Waals surface area contributed by atoms with Crippen LogP contribution in [0.25, 0.3) is 0 Å². The van der Waals surface area contributed by atoms with Crippen LogP contribution in [0.1, 0.15) is 135 Å². The van der Waals surface area contributed by atoms with E-state index in [0.29, 0.717) is 12.3 Å². The Hall–Kier alpha value is -2.38. The van der Waals surface area contributed by atoms with Crippen LogP contribution in [0.3, 0.4) is 0 Å². The number of halogens is 1. The monoisotopic (exact) mass is 631 g/mol. The first-order valence-corrected chi connectivity index (χ1v) is 15.4. The molecule has 0 spiro atoms. The highest BCUT2D eigenvalue weighted by Gasteiger charge is 2.36. The molecule has 1 unspecified atom stereocenters. The Bertz CT molecular complexity index is 1160. The largest absolute Gasteiger partial charge is 1.00 e. The lowest BCUT2D eigenvalue weighted by atomic mass is 9.82. The van der Waals surface area contributed by atoms with Crippen LogP contribution in [0.2, 0.25) is 0 Å². The maximum absolute atomic E-state index is 13.5. The number of nitrogens with zero attached hydrogens (tertiary/aromatic N) is 1. The predicted octanol–water partition coefficient (Wildman–Crippen LogP) is 4.94. The summed E-state index contributed by atoms with van der Waals surface area (Å²) in [5.74, 6) is -1.14. The summed E-state index contributed by atoms with van der Waals surface area (Å²) in [6.07, 6.45) is 16.3. The predicted molar refractivity (Wildman–Crippen MR) is 161 cm³/mol. The third kappa shape index (κ3) is 9.31. The number of carbonyl (C=O) groups is 2. The molecule has 0 amide bonds. The van der Waals surface area contributed by atoms with Gasteiger partial charge in [-0.25, -0.2) is 0 Å². The summed E-state index contributed by atoms with van der Waals surface area (Å²) in [5, 5.41) is 21.4. The van der Waals surface area contributed by atoms with Crippen molar-refractivity contribution < 1.29 is 46.0 Å². The van der Waals surface area contributed by atoms with Crippen molar-refractivity contribution in [3.63, 3.8) is 0 Å². The number of methoxy groups -OCH3 is 1. The second kappa shape index (κ2) is 16.9. The van der Waals surface area contributed by atoms with Gasteiger partial charge in [0.1, 0.15) is 23.8 Å². The van der Waals surface area contributed by atoms with Crippen LogP contribution < -0.4 is 21.7 Å². The lowest BCUT2D eigenvalue weighted by molar-refractivity contribution is -0.923. The Labute approximate surface area is 257 Å². The van der Waals surface area contributed by atoms with E-state index in [2.05, 4.69) is 20.9 Å². The number of hydrogen-bond donors (Lipinski definition) is 2. The average Bonchev–Trinajstić information content (AvgIpc) is 2.92. The van der Waals surface area contributed by atoms with E-state index in [4.69, 9.17) is 4.74 Å². The third-order valence-electron chi connectivity index (χ3n) is 8.36. The van der Waals surface area contributed by atoms with Crippen LogP contribution in [0.15, 0.2) is 24.3 Å². The molecule has 1 aliphatic carbocycles. The van der Waals surface area contributed by atoms with Gasteiger partial charge < -0.3 is 36.4 Å². The normalized spacial score (nSPS) is 13.8. The first-order valence-electron chi connectivity index (χ1n) is 15.4. The molecule has 2 aromatic rings. The summed E-state index contributed by atoms with van der Waals surface area (Å²) in [4.78, 5) is 26.8. The summed E-state index contributed by atoms with van der Waals surface area (Å²) >= 11 is 0. The highest BCUT2D eigenvalue weighted by molar-refractivity contribution is 6.30. The van der Waals surface area contributed by atoms with Gasteiger partial charge in [0.2, 0.25) is 5.78 Å². The van der Waals surface area contributed by atoms with Gasteiger partial charge in [-0.1, -0.05) is 71.6 Å². The fraction of sp³-hybridized carbons (Fsp3) is 0.588. The summed E-state index contributed by atoms with van der Waals surface area (Å²) in [6, 6.07) is 6.21. The minimum Gasteiger partial charge on any atom is -1.00 e. The number of aromatic hydroxyl groups is 2. The fourth-order valence-electron chi connectivity index (χ4n) is 6.04.